The average Bonchev–Trinajstić information content (AvgIpc) is 3.22. The minimum atomic E-state index is -0.429. The van der Waals surface area contributed by atoms with E-state index in [4.69, 9.17) is 0 Å². The molecule has 0 unspecified atom stereocenters. The van der Waals surface area contributed by atoms with E-state index in [1.54, 1.807) is 15.6 Å². The summed E-state index contributed by atoms with van der Waals surface area (Å²) in [7, 11) is 0. The van der Waals surface area contributed by atoms with Crippen LogP contribution < -0.4 is 5.56 Å². The normalized spacial score (nSPS) is 14.7. The van der Waals surface area contributed by atoms with Crippen LogP contribution in [-0.4, -0.2) is 48.9 Å². The van der Waals surface area contributed by atoms with Gasteiger partial charge in [-0.05, 0) is 36.6 Å². The van der Waals surface area contributed by atoms with Crippen LogP contribution in [-0.2, 0) is 6.54 Å². The first kappa shape index (κ1) is 20.0. The molecule has 9 heteroatoms. The minimum Gasteiger partial charge on any atom is -0.339 e. The number of benzene rings is 2. The third-order valence-electron chi connectivity index (χ3n) is 5.81. The Kier molecular flexibility index (Phi) is 5.22. The largest absolute Gasteiger partial charge is 0.339 e. The van der Waals surface area contributed by atoms with Gasteiger partial charge in [0, 0.05) is 24.6 Å². The number of amides is 1. The molecule has 1 amide bonds. The zero-order chi connectivity index (χ0) is 22.1. The van der Waals surface area contributed by atoms with Gasteiger partial charge in [0.2, 0.25) is 0 Å². The molecule has 162 valence electrons. The lowest BCUT2D eigenvalue weighted by molar-refractivity contribution is 0.0710. The van der Waals surface area contributed by atoms with Gasteiger partial charge < -0.3 is 9.88 Å². The Labute approximate surface area is 182 Å². The molecule has 4 aromatic rings. The molecule has 0 radical (unpaired) electrons. The molecule has 2 aromatic heterocycles. The molecule has 0 aliphatic carbocycles. The second kappa shape index (κ2) is 8.33. The van der Waals surface area contributed by atoms with Gasteiger partial charge in [-0.15, -0.1) is 5.10 Å². The molecule has 1 aliphatic heterocycles. The van der Waals surface area contributed by atoms with Crippen molar-refractivity contribution >= 4 is 17.1 Å². The van der Waals surface area contributed by atoms with Crippen molar-refractivity contribution in [3.8, 4) is 0 Å². The monoisotopic (exact) mass is 432 g/mol. The van der Waals surface area contributed by atoms with Crippen LogP contribution in [0.25, 0.3) is 11.2 Å². The Balaban J connectivity index is 1.35. The van der Waals surface area contributed by atoms with E-state index in [2.05, 4.69) is 20.3 Å². The van der Waals surface area contributed by atoms with E-state index in [9.17, 15) is 14.0 Å². The fraction of sp³-hybridized carbons (Fsp3) is 0.261. The predicted molar refractivity (Wildman–Crippen MR) is 116 cm³/mol. The summed E-state index contributed by atoms with van der Waals surface area (Å²) in [6, 6.07) is 15.5. The van der Waals surface area contributed by atoms with Crippen LogP contribution >= 0.6 is 0 Å². The van der Waals surface area contributed by atoms with Crippen molar-refractivity contribution in [2.24, 2.45) is 0 Å². The highest BCUT2D eigenvalue weighted by Crippen LogP contribution is 2.26. The first-order chi connectivity index (χ1) is 15.6. The van der Waals surface area contributed by atoms with Crippen molar-refractivity contribution in [2.45, 2.75) is 25.3 Å². The van der Waals surface area contributed by atoms with Crippen LogP contribution in [0.5, 0.6) is 0 Å². The number of fused-ring (bicyclic) bond motifs is 1. The van der Waals surface area contributed by atoms with Crippen LogP contribution in [0, 0.1) is 5.82 Å². The molecular weight excluding hydrogens is 411 g/mol. The highest BCUT2D eigenvalue weighted by atomic mass is 19.1. The highest BCUT2D eigenvalue weighted by Gasteiger charge is 2.27. The number of halogens is 1. The third kappa shape index (κ3) is 3.89. The standard InChI is InChI=1S/C23H21FN6O2/c24-18-8-4-7-17(13-18)23(32)29-11-9-16(10-12-29)20-25-21-19(22(31)26-20)27-28-30(21)14-15-5-2-1-3-6-15/h1-8,13,16H,9-12,14H2,(H,25,26,31). The topological polar surface area (TPSA) is 96.8 Å². The van der Waals surface area contributed by atoms with Gasteiger partial charge in [0.25, 0.3) is 11.5 Å². The Bertz CT molecular complexity index is 1330. The molecule has 0 atom stereocenters. The van der Waals surface area contributed by atoms with Crippen molar-refractivity contribution in [2.75, 3.05) is 13.1 Å². The lowest BCUT2D eigenvalue weighted by Crippen LogP contribution is -2.38. The number of carbonyl (C=O) groups excluding carboxylic acids is 1. The van der Waals surface area contributed by atoms with E-state index in [0.717, 1.165) is 5.56 Å². The van der Waals surface area contributed by atoms with Crippen LogP contribution in [0.4, 0.5) is 4.39 Å². The Hall–Kier alpha value is -3.88. The maximum atomic E-state index is 13.5. The average molecular weight is 432 g/mol. The Morgan fingerprint density at radius 1 is 1.09 bits per heavy atom. The number of carbonyl (C=O) groups is 1. The molecule has 1 N–H and O–H groups in total. The molecule has 0 saturated carbocycles. The van der Waals surface area contributed by atoms with Gasteiger partial charge in [0.1, 0.15) is 11.6 Å². The lowest BCUT2D eigenvalue weighted by atomic mass is 9.95. The zero-order valence-electron chi connectivity index (χ0n) is 17.2. The SMILES string of the molecule is O=C(c1cccc(F)c1)N1CCC(c2nc3c(nnn3Cc3ccccc3)c(=O)[nH]2)CC1. The van der Waals surface area contributed by atoms with Crippen LogP contribution in [0.15, 0.2) is 59.4 Å². The molecule has 2 aromatic carbocycles. The van der Waals surface area contributed by atoms with Crippen molar-refractivity contribution in [3.05, 3.63) is 87.7 Å². The maximum Gasteiger partial charge on any atom is 0.281 e. The quantitative estimate of drug-likeness (QED) is 0.535. The van der Waals surface area contributed by atoms with E-state index in [0.29, 0.717) is 49.5 Å². The first-order valence-electron chi connectivity index (χ1n) is 10.5. The van der Waals surface area contributed by atoms with Gasteiger partial charge in [0.15, 0.2) is 11.2 Å². The van der Waals surface area contributed by atoms with Gasteiger partial charge >= 0.3 is 0 Å². The second-order valence-corrected chi connectivity index (χ2v) is 7.93. The third-order valence-corrected chi connectivity index (χ3v) is 5.81. The number of rotatable bonds is 4. The summed E-state index contributed by atoms with van der Waals surface area (Å²) in [4.78, 5) is 34.5. The number of likely N-dealkylation sites (tertiary alicyclic amines) is 1. The number of hydrogen-bond acceptors (Lipinski definition) is 5. The molecule has 8 nitrogen and oxygen atoms in total. The Morgan fingerprint density at radius 2 is 1.88 bits per heavy atom. The molecule has 32 heavy (non-hydrogen) atoms. The summed E-state index contributed by atoms with van der Waals surface area (Å²) < 4.78 is 15.1. The predicted octanol–water partition coefficient (Wildman–Crippen LogP) is 2.72. The van der Waals surface area contributed by atoms with E-state index < -0.39 is 5.82 Å². The van der Waals surface area contributed by atoms with Crippen molar-refractivity contribution in [3.63, 3.8) is 0 Å². The number of H-pyrrole nitrogens is 1. The molecule has 0 spiro atoms. The molecule has 1 fully saturated rings. The maximum absolute atomic E-state index is 13.5. The molecule has 3 heterocycles. The summed E-state index contributed by atoms with van der Waals surface area (Å²) in [5.41, 5.74) is 1.72. The molecular formula is C23H21FN6O2. The van der Waals surface area contributed by atoms with E-state index >= 15 is 0 Å². The zero-order valence-corrected chi connectivity index (χ0v) is 17.2. The van der Waals surface area contributed by atoms with E-state index in [-0.39, 0.29) is 22.9 Å². The van der Waals surface area contributed by atoms with E-state index in [1.807, 2.05) is 30.3 Å². The fourth-order valence-electron chi connectivity index (χ4n) is 4.10. The van der Waals surface area contributed by atoms with E-state index in [1.165, 1.54) is 18.2 Å². The van der Waals surface area contributed by atoms with Gasteiger partial charge in [-0.3, -0.25) is 9.59 Å². The minimum absolute atomic E-state index is 0.00346. The van der Waals surface area contributed by atoms with Crippen LogP contribution in [0.3, 0.4) is 0 Å². The number of hydrogen-bond donors (Lipinski definition) is 1. The van der Waals surface area contributed by atoms with Gasteiger partial charge in [-0.1, -0.05) is 41.6 Å². The summed E-state index contributed by atoms with van der Waals surface area (Å²) in [6.07, 6.45) is 1.30. The van der Waals surface area contributed by atoms with Crippen molar-refractivity contribution in [1.29, 1.82) is 0 Å². The summed E-state index contributed by atoms with van der Waals surface area (Å²) >= 11 is 0. The van der Waals surface area contributed by atoms with Crippen LogP contribution in [0.1, 0.15) is 40.5 Å². The van der Waals surface area contributed by atoms with Crippen molar-refractivity contribution in [1.82, 2.24) is 29.9 Å². The van der Waals surface area contributed by atoms with Gasteiger partial charge in [0.05, 0.1) is 6.54 Å². The summed E-state index contributed by atoms with van der Waals surface area (Å²) in [6.45, 7) is 1.47. The molecule has 1 aliphatic rings. The number of nitrogens with one attached hydrogen (secondary N) is 1. The van der Waals surface area contributed by atoms with Gasteiger partial charge in [-0.2, -0.15) is 0 Å². The molecule has 0 bridgehead atoms. The number of nitrogens with zero attached hydrogens (tertiary/aromatic N) is 5. The highest BCUT2D eigenvalue weighted by molar-refractivity contribution is 5.94. The smallest absolute Gasteiger partial charge is 0.281 e. The van der Waals surface area contributed by atoms with Crippen molar-refractivity contribution < 1.29 is 9.18 Å². The number of aromatic nitrogens is 5. The number of aromatic amines is 1. The Morgan fingerprint density at radius 3 is 2.62 bits per heavy atom. The van der Waals surface area contributed by atoms with Crippen LogP contribution in [0.2, 0.25) is 0 Å². The lowest BCUT2D eigenvalue weighted by Gasteiger charge is -2.31. The summed E-state index contributed by atoms with van der Waals surface area (Å²) in [5, 5.41) is 8.11. The fourth-order valence-corrected chi connectivity index (χ4v) is 4.10. The second-order valence-electron chi connectivity index (χ2n) is 7.93. The molecule has 1 saturated heterocycles. The first-order valence-corrected chi connectivity index (χ1v) is 10.5. The molecule has 5 rings (SSSR count). The number of piperidine rings is 1. The summed E-state index contributed by atoms with van der Waals surface area (Å²) in [5.74, 6) is -0.0350. The van der Waals surface area contributed by atoms with Gasteiger partial charge in [-0.25, -0.2) is 14.1 Å².